The quantitative estimate of drug-likeness (QED) is 0.322. The van der Waals surface area contributed by atoms with E-state index in [2.05, 4.69) is 36.4 Å². The molecule has 5 heteroatoms. The van der Waals surface area contributed by atoms with Crippen LogP contribution in [0, 0.1) is 5.82 Å². The van der Waals surface area contributed by atoms with Gasteiger partial charge in [-0.3, -0.25) is 4.79 Å². The second-order valence-electron chi connectivity index (χ2n) is 8.30. The van der Waals surface area contributed by atoms with Crippen LogP contribution in [0.25, 0.3) is 22.3 Å². The Morgan fingerprint density at radius 3 is 2.53 bits per heavy atom. The smallest absolute Gasteiger partial charge is 0.303 e. The molecule has 1 fully saturated rings. The van der Waals surface area contributed by atoms with Gasteiger partial charge >= 0.3 is 5.97 Å². The molecule has 4 nitrogen and oxygen atoms in total. The van der Waals surface area contributed by atoms with Crippen LogP contribution < -0.4 is 4.74 Å². The summed E-state index contributed by atoms with van der Waals surface area (Å²) in [5, 5.41) is 9.63. The Kier molecular flexibility index (Phi) is 5.17. The van der Waals surface area contributed by atoms with E-state index in [-0.39, 0.29) is 18.4 Å². The van der Waals surface area contributed by atoms with Crippen LogP contribution in [-0.4, -0.2) is 17.7 Å². The van der Waals surface area contributed by atoms with Gasteiger partial charge in [0.25, 0.3) is 0 Å². The fourth-order valence-electron chi connectivity index (χ4n) is 4.30. The summed E-state index contributed by atoms with van der Waals surface area (Å²) in [6, 6.07) is 23.3. The molecule has 0 spiro atoms. The molecule has 1 saturated carbocycles. The molecule has 0 amide bonds. The molecule has 5 rings (SSSR count). The van der Waals surface area contributed by atoms with E-state index in [1.54, 1.807) is 12.1 Å². The van der Waals surface area contributed by atoms with Crippen LogP contribution in [0.15, 0.2) is 77.2 Å². The minimum absolute atomic E-state index is 0.0209. The van der Waals surface area contributed by atoms with Crippen LogP contribution in [0.3, 0.4) is 0 Å². The van der Waals surface area contributed by atoms with Gasteiger partial charge in [-0.05, 0) is 60.7 Å². The first-order valence-electron chi connectivity index (χ1n) is 10.8. The van der Waals surface area contributed by atoms with Crippen LogP contribution in [0.4, 0.5) is 4.39 Å². The number of hydrogen-bond acceptors (Lipinski definition) is 3. The summed E-state index contributed by atoms with van der Waals surface area (Å²) in [7, 11) is 0. The second kappa shape index (κ2) is 8.15. The van der Waals surface area contributed by atoms with Crippen molar-refractivity contribution in [2.75, 3.05) is 6.61 Å². The summed E-state index contributed by atoms with van der Waals surface area (Å²) in [5.41, 5.74) is 3.74. The minimum atomic E-state index is -0.875. The van der Waals surface area contributed by atoms with Gasteiger partial charge < -0.3 is 14.3 Å². The summed E-state index contributed by atoms with van der Waals surface area (Å²) in [6.45, 7) is 0.224. The lowest BCUT2D eigenvalue weighted by Gasteiger charge is -2.16. The minimum Gasteiger partial charge on any atom is -0.493 e. The van der Waals surface area contributed by atoms with Crippen molar-refractivity contribution in [2.45, 2.75) is 31.1 Å². The van der Waals surface area contributed by atoms with Crippen LogP contribution in [0.1, 0.15) is 36.8 Å². The molecule has 0 bridgehead atoms. The summed E-state index contributed by atoms with van der Waals surface area (Å²) < 4.78 is 26.2. The van der Waals surface area contributed by atoms with Crippen LogP contribution >= 0.6 is 0 Å². The Morgan fingerprint density at radius 1 is 1.00 bits per heavy atom. The molecule has 1 N–H and O–H groups in total. The molecule has 0 radical (unpaired) electrons. The number of carboxylic acids is 1. The van der Waals surface area contributed by atoms with Crippen molar-refractivity contribution in [2.24, 2.45) is 0 Å². The van der Waals surface area contributed by atoms with Crippen LogP contribution in [0.5, 0.6) is 5.75 Å². The van der Waals surface area contributed by atoms with Crippen molar-refractivity contribution in [3.63, 3.8) is 0 Å². The standard InChI is InChI=1S/C27H23FO4/c28-23-17-21(31-14-4-7-26(29)30)9-10-22(23)25-16-18-15-20(8-11-24(18)32-25)27(12-13-27)19-5-2-1-3-6-19/h1-3,5-6,8-11,15-17H,4,7,12-14H2,(H,29,30). The van der Waals surface area contributed by atoms with Crippen molar-refractivity contribution in [3.05, 3.63) is 89.7 Å². The Balaban J connectivity index is 1.38. The van der Waals surface area contributed by atoms with Gasteiger partial charge in [-0.2, -0.15) is 0 Å². The molecule has 1 heterocycles. The highest BCUT2D eigenvalue weighted by Gasteiger charge is 2.45. The third-order valence-electron chi connectivity index (χ3n) is 6.15. The zero-order valence-electron chi connectivity index (χ0n) is 17.5. The maximum atomic E-state index is 14.8. The molecule has 1 aliphatic rings. The zero-order valence-corrected chi connectivity index (χ0v) is 17.5. The molecule has 4 aromatic rings. The molecule has 0 unspecified atom stereocenters. The molecule has 0 aliphatic heterocycles. The summed E-state index contributed by atoms with van der Waals surface area (Å²) in [6.07, 6.45) is 2.63. The number of fused-ring (bicyclic) bond motifs is 1. The molecule has 162 valence electrons. The molecular weight excluding hydrogens is 407 g/mol. The van der Waals surface area contributed by atoms with E-state index in [1.165, 1.54) is 17.2 Å². The number of halogens is 1. The van der Waals surface area contributed by atoms with Crippen LogP contribution in [0.2, 0.25) is 0 Å². The third kappa shape index (κ3) is 3.86. The highest BCUT2D eigenvalue weighted by molar-refractivity contribution is 5.84. The molecule has 0 atom stereocenters. The summed E-state index contributed by atoms with van der Waals surface area (Å²) in [5.74, 6) is -0.479. The van der Waals surface area contributed by atoms with Crippen molar-refractivity contribution >= 4 is 16.9 Å². The summed E-state index contributed by atoms with van der Waals surface area (Å²) in [4.78, 5) is 10.6. The lowest BCUT2D eigenvalue weighted by Crippen LogP contribution is -2.07. The summed E-state index contributed by atoms with van der Waals surface area (Å²) >= 11 is 0. The van der Waals surface area contributed by atoms with Gasteiger partial charge in [0.2, 0.25) is 0 Å². The van der Waals surface area contributed by atoms with Crippen molar-refractivity contribution in [3.8, 4) is 17.1 Å². The number of hydrogen-bond donors (Lipinski definition) is 1. The van der Waals surface area contributed by atoms with Crippen molar-refractivity contribution in [1.29, 1.82) is 0 Å². The molecule has 3 aromatic carbocycles. The highest BCUT2D eigenvalue weighted by atomic mass is 19.1. The average molecular weight is 430 g/mol. The van der Waals surface area contributed by atoms with Gasteiger partial charge in [0.15, 0.2) is 0 Å². The van der Waals surface area contributed by atoms with E-state index >= 15 is 0 Å². The fourth-order valence-corrected chi connectivity index (χ4v) is 4.30. The molecular formula is C27H23FO4. The Bertz CT molecular complexity index is 1270. The maximum Gasteiger partial charge on any atom is 0.303 e. The topological polar surface area (TPSA) is 59.7 Å². The lowest BCUT2D eigenvalue weighted by atomic mass is 9.87. The van der Waals surface area contributed by atoms with Gasteiger partial charge in [0.05, 0.1) is 12.2 Å². The Morgan fingerprint density at radius 2 is 1.81 bits per heavy atom. The molecule has 0 saturated heterocycles. The number of ether oxygens (including phenoxy) is 1. The first kappa shape index (κ1) is 20.3. The number of furan rings is 1. The van der Waals surface area contributed by atoms with Crippen molar-refractivity contribution < 1.29 is 23.4 Å². The lowest BCUT2D eigenvalue weighted by molar-refractivity contribution is -0.137. The normalized spacial score (nSPS) is 14.4. The predicted octanol–water partition coefficient (Wildman–Crippen LogP) is 6.56. The SMILES string of the molecule is O=C(O)CCCOc1ccc(-c2cc3cc(C4(c5ccccc5)CC4)ccc3o2)c(F)c1. The first-order chi connectivity index (χ1) is 15.5. The highest BCUT2D eigenvalue weighted by Crippen LogP contribution is 2.54. The average Bonchev–Trinajstić information content (AvgIpc) is 3.50. The zero-order chi connectivity index (χ0) is 22.1. The van der Waals surface area contributed by atoms with E-state index in [0.717, 1.165) is 23.8 Å². The van der Waals surface area contributed by atoms with Gasteiger partial charge in [-0.1, -0.05) is 36.4 Å². The fraction of sp³-hybridized carbons (Fsp3) is 0.222. The van der Waals surface area contributed by atoms with Gasteiger partial charge in [-0.15, -0.1) is 0 Å². The first-order valence-corrected chi connectivity index (χ1v) is 10.8. The van der Waals surface area contributed by atoms with Crippen molar-refractivity contribution in [1.82, 2.24) is 0 Å². The van der Waals surface area contributed by atoms with Crippen LogP contribution in [-0.2, 0) is 10.2 Å². The van der Waals surface area contributed by atoms with Gasteiger partial charge in [0.1, 0.15) is 22.9 Å². The number of carboxylic acid groups (broad SMARTS) is 1. The number of carbonyl (C=O) groups is 1. The van der Waals surface area contributed by atoms with E-state index in [9.17, 15) is 9.18 Å². The number of rotatable bonds is 8. The Labute approximate surface area is 185 Å². The van der Waals surface area contributed by atoms with E-state index in [1.807, 2.05) is 18.2 Å². The third-order valence-corrected chi connectivity index (χ3v) is 6.15. The number of aliphatic carboxylic acids is 1. The Hall–Kier alpha value is -3.60. The molecule has 1 aliphatic carbocycles. The number of benzene rings is 3. The largest absolute Gasteiger partial charge is 0.493 e. The monoisotopic (exact) mass is 430 g/mol. The van der Waals surface area contributed by atoms with E-state index in [4.69, 9.17) is 14.3 Å². The second-order valence-corrected chi connectivity index (χ2v) is 8.30. The van der Waals surface area contributed by atoms with Gasteiger partial charge in [-0.25, -0.2) is 4.39 Å². The molecule has 32 heavy (non-hydrogen) atoms. The predicted molar refractivity (Wildman–Crippen MR) is 120 cm³/mol. The van der Waals surface area contributed by atoms with E-state index < -0.39 is 11.8 Å². The maximum absolute atomic E-state index is 14.8. The van der Waals surface area contributed by atoms with Gasteiger partial charge in [0, 0.05) is 23.3 Å². The molecule has 1 aromatic heterocycles. The van der Waals surface area contributed by atoms with E-state index in [0.29, 0.717) is 23.5 Å².